The van der Waals surface area contributed by atoms with Crippen LogP contribution in [0.5, 0.6) is 0 Å². The molecule has 84 valence electrons. The summed E-state index contributed by atoms with van der Waals surface area (Å²) in [5.74, 6) is -0.756. The molecular weight excluding hydrogens is 238 g/mol. The molecule has 0 aliphatic carbocycles. The normalized spacial score (nSPS) is 11.4. The van der Waals surface area contributed by atoms with Crippen LogP contribution in [-0.2, 0) is 4.79 Å². The van der Waals surface area contributed by atoms with Gasteiger partial charge in [-0.25, -0.2) is 0 Å². The van der Waals surface area contributed by atoms with Crippen molar-refractivity contribution in [2.24, 2.45) is 5.73 Å². The van der Waals surface area contributed by atoms with Gasteiger partial charge in [0, 0.05) is 22.7 Å². The molecule has 2 aromatic rings. The number of rotatable bonds is 2. The van der Waals surface area contributed by atoms with E-state index in [1.165, 1.54) is 6.08 Å². The number of halogens is 1. The molecule has 0 aliphatic rings. The topological polar surface area (TPSA) is 82.7 Å². The largest absolute Gasteiger partial charge is 0.365 e. The minimum absolute atomic E-state index is 0.106. The second-order valence-corrected chi connectivity index (χ2v) is 3.85. The predicted octanol–water partition coefficient (Wildman–Crippen LogP) is 2.21. The molecule has 1 heterocycles. The number of aromatic nitrogens is 1. The van der Waals surface area contributed by atoms with E-state index >= 15 is 0 Å². The summed E-state index contributed by atoms with van der Waals surface area (Å²) < 4.78 is 0. The number of hydrogen-bond donors (Lipinski definition) is 2. The molecule has 1 aromatic heterocycles. The van der Waals surface area contributed by atoms with Crippen LogP contribution in [0.2, 0.25) is 5.02 Å². The molecule has 0 unspecified atom stereocenters. The van der Waals surface area contributed by atoms with E-state index in [2.05, 4.69) is 4.98 Å². The molecule has 0 saturated heterocycles. The second kappa shape index (κ2) is 4.32. The minimum atomic E-state index is -0.756. The Morgan fingerprint density at radius 2 is 2.29 bits per heavy atom. The number of carbonyl (C=O) groups is 1. The van der Waals surface area contributed by atoms with E-state index in [-0.39, 0.29) is 5.57 Å². The maximum absolute atomic E-state index is 11.0. The molecule has 0 atom stereocenters. The van der Waals surface area contributed by atoms with Gasteiger partial charge in [0.25, 0.3) is 5.91 Å². The number of amides is 1. The summed E-state index contributed by atoms with van der Waals surface area (Å²) in [4.78, 5) is 14.0. The Labute approximate surface area is 102 Å². The fraction of sp³-hybridized carbons (Fsp3) is 0. The first-order chi connectivity index (χ1) is 8.13. The van der Waals surface area contributed by atoms with Crippen molar-refractivity contribution < 1.29 is 4.79 Å². The Morgan fingerprint density at radius 1 is 1.53 bits per heavy atom. The Kier molecular flexibility index (Phi) is 2.86. The number of primary amides is 1. The van der Waals surface area contributed by atoms with Gasteiger partial charge in [0.05, 0.1) is 5.02 Å². The molecule has 3 N–H and O–H groups in total. The highest BCUT2D eigenvalue weighted by molar-refractivity contribution is 6.36. The van der Waals surface area contributed by atoms with Crippen LogP contribution in [0, 0.1) is 11.3 Å². The van der Waals surface area contributed by atoms with E-state index in [0.717, 1.165) is 10.9 Å². The minimum Gasteiger partial charge on any atom is -0.365 e. The van der Waals surface area contributed by atoms with Crippen LogP contribution in [0.4, 0.5) is 0 Å². The first-order valence-electron chi connectivity index (χ1n) is 4.80. The maximum Gasteiger partial charge on any atom is 0.259 e. The highest BCUT2D eigenvalue weighted by Gasteiger charge is 2.09. The third kappa shape index (κ3) is 2.01. The van der Waals surface area contributed by atoms with Gasteiger partial charge >= 0.3 is 0 Å². The van der Waals surface area contributed by atoms with Gasteiger partial charge in [0.15, 0.2) is 0 Å². The average Bonchev–Trinajstić information content (AvgIpc) is 2.70. The zero-order valence-corrected chi connectivity index (χ0v) is 9.45. The number of benzene rings is 1. The Balaban J connectivity index is 2.66. The second-order valence-electron chi connectivity index (χ2n) is 3.44. The molecule has 4 nitrogen and oxygen atoms in total. The van der Waals surface area contributed by atoms with Gasteiger partial charge in [-0.15, -0.1) is 0 Å². The van der Waals surface area contributed by atoms with Crippen LogP contribution in [0.15, 0.2) is 30.0 Å². The lowest BCUT2D eigenvalue weighted by molar-refractivity contribution is -0.114. The van der Waals surface area contributed by atoms with Crippen LogP contribution in [0.25, 0.3) is 17.0 Å². The zero-order valence-electron chi connectivity index (χ0n) is 8.70. The van der Waals surface area contributed by atoms with E-state index in [4.69, 9.17) is 22.6 Å². The monoisotopic (exact) mass is 245 g/mol. The highest BCUT2D eigenvalue weighted by atomic mass is 35.5. The quantitative estimate of drug-likeness (QED) is 0.628. The van der Waals surface area contributed by atoms with Gasteiger partial charge in [-0.05, 0) is 18.2 Å². The SMILES string of the molecule is N#C/C(=C\c1c[nH]c2cccc(Cl)c12)C(N)=O. The fourth-order valence-corrected chi connectivity index (χ4v) is 1.88. The summed E-state index contributed by atoms with van der Waals surface area (Å²) in [6.45, 7) is 0. The lowest BCUT2D eigenvalue weighted by Crippen LogP contribution is -2.12. The third-order valence-electron chi connectivity index (χ3n) is 2.37. The van der Waals surface area contributed by atoms with E-state index in [9.17, 15) is 4.79 Å². The van der Waals surface area contributed by atoms with Crippen molar-refractivity contribution in [3.05, 3.63) is 40.6 Å². The molecule has 5 heteroatoms. The molecule has 0 radical (unpaired) electrons. The van der Waals surface area contributed by atoms with Crippen LogP contribution >= 0.6 is 11.6 Å². The van der Waals surface area contributed by atoms with E-state index in [0.29, 0.717) is 10.6 Å². The number of carbonyl (C=O) groups excluding carboxylic acids is 1. The lowest BCUT2D eigenvalue weighted by Gasteiger charge is -1.96. The first kappa shape index (κ1) is 11.2. The number of H-pyrrole nitrogens is 1. The summed E-state index contributed by atoms with van der Waals surface area (Å²) in [5.41, 5.74) is 6.47. The van der Waals surface area contributed by atoms with Crippen molar-refractivity contribution in [1.82, 2.24) is 4.98 Å². The van der Waals surface area contributed by atoms with Gasteiger partial charge in [-0.2, -0.15) is 5.26 Å². The maximum atomic E-state index is 11.0. The fourth-order valence-electron chi connectivity index (χ4n) is 1.59. The van der Waals surface area contributed by atoms with Gasteiger partial charge in [-0.1, -0.05) is 17.7 Å². The number of nitriles is 1. The highest BCUT2D eigenvalue weighted by Crippen LogP contribution is 2.27. The summed E-state index contributed by atoms with van der Waals surface area (Å²) in [6.07, 6.45) is 3.10. The molecule has 0 fully saturated rings. The molecule has 2 rings (SSSR count). The molecule has 1 amide bonds. The summed E-state index contributed by atoms with van der Waals surface area (Å²) in [7, 11) is 0. The molecule has 0 aliphatic heterocycles. The smallest absolute Gasteiger partial charge is 0.259 e. The van der Waals surface area contributed by atoms with E-state index < -0.39 is 5.91 Å². The van der Waals surface area contributed by atoms with Crippen molar-refractivity contribution in [3.63, 3.8) is 0 Å². The number of hydrogen-bond acceptors (Lipinski definition) is 2. The van der Waals surface area contributed by atoms with Crippen molar-refractivity contribution >= 4 is 34.5 Å². The predicted molar refractivity (Wildman–Crippen MR) is 66.1 cm³/mol. The van der Waals surface area contributed by atoms with Crippen LogP contribution in [-0.4, -0.2) is 10.9 Å². The Hall–Kier alpha value is -2.25. The van der Waals surface area contributed by atoms with Crippen molar-refractivity contribution in [1.29, 1.82) is 5.26 Å². The van der Waals surface area contributed by atoms with Gasteiger partial charge in [0.2, 0.25) is 0 Å². The van der Waals surface area contributed by atoms with Gasteiger partial charge in [-0.3, -0.25) is 4.79 Å². The molecule has 0 saturated carbocycles. The van der Waals surface area contributed by atoms with Crippen LogP contribution in [0.1, 0.15) is 5.56 Å². The van der Waals surface area contributed by atoms with Crippen LogP contribution < -0.4 is 5.73 Å². The van der Waals surface area contributed by atoms with E-state index in [1.807, 2.05) is 12.1 Å². The Bertz CT molecular complexity index is 664. The summed E-state index contributed by atoms with van der Waals surface area (Å²) in [5, 5.41) is 10.1. The number of nitrogens with one attached hydrogen (secondary N) is 1. The summed E-state index contributed by atoms with van der Waals surface area (Å²) >= 11 is 6.06. The zero-order chi connectivity index (χ0) is 12.4. The molecule has 0 bridgehead atoms. The van der Waals surface area contributed by atoms with Crippen molar-refractivity contribution in [3.8, 4) is 6.07 Å². The lowest BCUT2D eigenvalue weighted by atomic mass is 10.1. The third-order valence-corrected chi connectivity index (χ3v) is 2.69. The standard InChI is InChI=1S/C12H8ClN3O/c13-9-2-1-3-10-11(9)8(6-16-10)4-7(5-14)12(15)17/h1-4,6,16H,(H2,15,17)/b7-4+. The molecular formula is C12H8ClN3O. The summed E-state index contributed by atoms with van der Waals surface area (Å²) in [6, 6.07) is 7.16. The molecule has 0 spiro atoms. The molecule has 17 heavy (non-hydrogen) atoms. The number of aromatic amines is 1. The van der Waals surface area contributed by atoms with Gasteiger partial charge in [0.1, 0.15) is 11.6 Å². The Morgan fingerprint density at radius 3 is 2.94 bits per heavy atom. The van der Waals surface area contributed by atoms with Gasteiger partial charge < -0.3 is 10.7 Å². The first-order valence-corrected chi connectivity index (χ1v) is 5.18. The number of nitrogens with zero attached hydrogens (tertiary/aromatic N) is 1. The number of nitrogens with two attached hydrogens (primary N) is 1. The molecule has 1 aromatic carbocycles. The van der Waals surface area contributed by atoms with Crippen molar-refractivity contribution in [2.75, 3.05) is 0 Å². The van der Waals surface area contributed by atoms with Crippen LogP contribution in [0.3, 0.4) is 0 Å². The number of fused-ring (bicyclic) bond motifs is 1. The van der Waals surface area contributed by atoms with Crippen molar-refractivity contribution in [2.45, 2.75) is 0 Å². The van der Waals surface area contributed by atoms with E-state index in [1.54, 1.807) is 18.3 Å². The average molecular weight is 246 g/mol.